The Balaban J connectivity index is 2.28. The Bertz CT molecular complexity index is 341. The predicted octanol–water partition coefficient (Wildman–Crippen LogP) is 0.588. The van der Waals surface area contributed by atoms with Crippen LogP contribution >= 0.6 is 0 Å². The molecule has 0 bridgehead atoms. The van der Waals surface area contributed by atoms with Gasteiger partial charge in [-0.15, -0.1) is 0 Å². The minimum absolute atomic E-state index is 0.0677. The molecule has 108 valence electrons. The SMILES string of the molecule is CCOC(=O)CCNC(=O)N(CCC(=O)O)C1CC1. The van der Waals surface area contributed by atoms with Gasteiger partial charge in [-0.2, -0.15) is 0 Å². The maximum Gasteiger partial charge on any atom is 0.317 e. The van der Waals surface area contributed by atoms with Crippen molar-refractivity contribution in [2.75, 3.05) is 19.7 Å². The molecule has 19 heavy (non-hydrogen) atoms. The van der Waals surface area contributed by atoms with Crippen LogP contribution in [0.2, 0.25) is 0 Å². The first kappa shape index (κ1) is 15.3. The molecule has 2 amide bonds. The van der Waals surface area contributed by atoms with Crippen molar-refractivity contribution < 1.29 is 24.2 Å². The van der Waals surface area contributed by atoms with Gasteiger partial charge in [0.1, 0.15) is 0 Å². The van der Waals surface area contributed by atoms with Crippen molar-refractivity contribution in [2.24, 2.45) is 0 Å². The molecule has 7 nitrogen and oxygen atoms in total. The van der Waals surface area contributed by atoms with Crippen molar-refractivity contribution in [1.29, 1.82) is 0 Å². The van der Waals surface area contributed by atoms with E-state index >= 15 is 0 Å². The minimum Gasteiger partial charge on any atom is -0.481 e. The number of aliphatic carboxylic acids is 1. The molecule has 7 heteroatoms. The molecule has 0 saturated heterocycles. The highest BCUT2D eigenvalue weighted by Crippen LogP contribution is 2.26. The molecular weight excluding hydrogens is 252 g/mol. The van der Waals surface area contributed by atoms with Crippen LogP contribution in [0.1, 0.15) is 32.6 Å². The highest BCUT2D eigenvalue weighted by molar-refractivity contribution is 5.77. The van der Waals surface area contributed by atoms with Crippen LogP contribution in [0.5, 0.6) is 0 Å². The fourth-order valence-corrected chi connectivity index (χ4v) is 1.66. The summed E-state index contributed by atoms with van der Waals surface area (Å²) in [6.07, 6.45) is 1.87. The first-order chi connectivity index (χ1) is 9.04. The zero-order valence-corrected chi connectivity index (χ0v) is 11.1. The standard InChI is InChI=1S/C12H20N2O5/c1-2-19-11(17)5-7-13-12(18)14(9-3-4-9)8-6-10(15)16/h9H,2-8H2,1H3,(H,13,18)(H,15,16). The van der Waals surface area contributed by atoms with Gasteiger partial charge in [-0.3, -0.25) is 9.59 Å². The normalized spacial score (nSPS) is 13.7. The number of carbonyl (C=O) groups is 3. The largest absolute Gasteiger partial charge is 0.481 e. The lowest BCUT2D eigenvalue weighted by Crippen LogP contribution is -2.43. The molecule has 2 N–H and O–H groups in total. The Morgan fingerprint density at radius 3 is 2.53 bits per heavy atom. The average Bonchev–Trinajstić information content (AvgIpc) is 3.13. The smallest absolute Gasteiger partial charge is 0.317 e. The summed E-state index contributed by atoms with van der Waals surface area (Å²) in [5.74, 6) is -1.28. The molecule has 1 aliphatic carbocycles. The molecule has 1 saturated carbocycles. The van der Waals surface area contributed by atoms with E-state index in [9.17, 15) is 14.4 Å². The van der Waals surface area contributed by atoms with Gasteiger partial charge in [0.2, 0.25) is 0 Å². The first-order valence-electron chi connectivity index (χ1n) is 6.46. The second kappa shape index (κ2) is 7.60. The van der Waals surface area contributed by atoms with E-state index in [0.717, 1.165) is 12.8 Å². The second-order valence-electron chi connectivity index (χ2n) is 4.36. The molecule has 1 rings (SSSR count). The van der Waals surface area contributed by atoms with Crippen LogP contribution in [-0.4, -0.2) is 53.7 Å². The van der Waals surface area contributed by atoms with Crippen LogP contribution in [0, 0.1) is 0 Å². The fourth-order valence-electron chi connectivity index (χ4n) is 1.66. The average molecular weight is 272 g/mol. The molecule has 0 spiro atoms. The minimum atomic E-state index is -0.926. The summed E-state index contributed by atoms with van der Waals surface area (Å²) in [6.45, 7) is 2.44. The number of urea groups is 1. The van der Waals surface area contributed by atoms with Crippen molar-refractivity contribution in [2.45, 2.75) is 38.6 Å². The molecule has 0 aromatic rings. The molecule has 0 unspecified atom stereocenters. The molecule has 0 aliphatic heterocycles. The second-order valence-corrected chi connectivity index (χ2v) is 4.36. The lowest BCUT2D eigenvalue weighted by molar-refractivity contribution is -0.143. The van der Waals surface area contributed by atoms with E-state index in [1.807, 2.05) is 0 Å². The highest BCUT2D eigenvalue weighted by Gasteiger charge is 2.32. The van der Waals surface area contributed by atoms with Gasteiger partial charge in [0.15, 0.2) is 0 Å². The van der Waals surface area contributed by atoms with Gasteiger partial charge in [-0.25, -0.2) is 4.79 Å². The molecule has 0 heterocycles. The van der Waals surface area contributed by atoms with Gasteiger partial charge in [0.05, 0.1) is 19.4 Å². The number of nitrogens with one attached hydrogen (secondary N) is 1. The topological polar surface area (TPSA) is 95.9 Å². The molecule has 0 aromatic heterocycles. The van der Waals surface area contributed by atoms with E-state index in [1.54, 1.807) is 6.92 Å². The van der Waals surface area contributed by atoms with Gasteiger partial charge in [-0.05, 0) is 19.8 Å². The molecule has 0 aromatic carbocycles. The van der Waals surface area contributed by atoms with Crippen molar-refractivity contribution in [1.82, 2.24) is 10.2 Å². The van der Waals surface area contributed by atoms with E-state index < -0.39 is 5.97 Å². The third kappa shape index (κ3) is 6.08. The maximum atomic E-state index is 11.8. The van der Waals surface area contributed by atoms with Crippen molar-refractivity contribution >= 4 is 18.0 Å². The summed E-state index contributed by atoms with van der Waals surface area (Å²) in [4.78, 5) is 35.0. The van der Waals surface area contributed by atoms with E-state index in [4.69, 9.17) is 9.84 Å². The van der Waals surface area contributed by atoms with Crippen molar-refractivity contribution in [3.63, 3.8) is 0 Å². The number of esters is 1. The monoisotopic (exact) mass is 272 g/mol. The van der Waals surface area contributed by atoms with Crippen LogP contribution < -0.4 is 5.32 Å². The lowest BCUT2D eigenvalue weighted by atomic mass is 10.3. The number of hydrogen-bond donors (Lipinski definition) is 2. The van der Waals surface area contributed by atoms with Crippen LogP contribution in [0.15, 0.2) is 0 Å². The molecule has 0 atom stereocenters. The summed E-state index contributed by atoms with van der Waals surface area (Å²) in [7, 11) is 0. The van der Waals surface area contributed by atoms with E-state index in [0.29, 0.717) is 6.61 Å². The number of nitrogens with zero attached hydrogens (tertiary/aromatic N) is 1. The fraction of sp³-hybridized carbons (Fsp3) is 0.750. The molecule has 1 aliphatic rings. The third-order valence-corrected chi connectivity index (χ3v) is 2.73. The van der Waals surface area contributed by atoms with Gasteiger partial charge in [0.25, 0.3) is 0 Å². The number of hydrogen-bond acceptors (Lipinski definition) is 4. The van der Waals surface area contributed by atoms with Crippen molar-refractivity contribution in [3.05, 3.63) is 0 Å². The molecule has 0 radical (unpaired) electrons. The molecule has 1 fully saturated rings. The first-order valence-corrected chi connectivity index (χ1v) is 6.46. The van der Waals surface area contributed by atoms with E-state index in [1.165, 1.54) is 4.90 Å². The Labute approximate surface area is 111 Å². The number of ether oxygens (including phenoxy) is 1. The van der Waals surface area contributed by atoms with Gasteiger partial charge < -0.3 is 20.1 Å². The summed E-state index contributed by atoms with van der Waals surface area (Å²) in [5.41, 5.74) is 0. The summed E-state index contributed by atoms with van der Waals surface area (Å²) in [5, 5.41) is 11.2. The van der Waals surface area contributed by atoms with Crippen LogP contribution in [0.3, 0.4) is 0 Å². The lowest BCUT2D eigenvalue weighted by Gasteiger charge is -2.21. The number of rotatable bonds is 8. The zero-order chi connectivity index (χ0) is 14.3. The zero-order valence-electron chi connectivity index (χ0n) is 11.1. The number of amides is 2. The third-order valence-electron chi connectivity index (χ3n) is 2.73. The maximum absolute atomic E-state index is 11.8. The quantitative estimate of drug-likeness (QED) is 0.630. The Morgan fingerprint density at radius 2 is 2.00 bits per heavy atom. The molecular formula is C12H20N2O5. The van der Waals surface area contributed by atoms with Gasteiger partial charge in [-0.1, -0.05) is 0 Å². The predicted molar refractivity (Wildman–Crippen MR) is 66.6 cm³/mol. The number of carbonyl (C=O) groups excluding carboxylic acids is 2. The number of carboxylic acids is 1. The summed E-state index contributed by atoms with van der Waals surface area (Å²) >= 11 is 0. The van der Waals surface area contributed by atoms with E-state index in [2.05, 4.69) is 5.32 Å². The Kier molecular flexibility index (Phi) is 6.11. The number of carboxylic acid groups (broad SMARTS) is 1. The van der Waals surface area contributed by atoms with Crippen LogP contribution in [0.4, 0.5) is 4.79 Å². The van der Waals surface area contributed by atoms with Gasteiger partial charge in [0, 0.05) is 19.1 Å². The van der Waals surface area contributed by atoms with Gasteiger partial charge >= 0.3 is 18.0 Å². The Morgan fingerprint density at radius 1 is 1.32 bits per heavy atom. The van der Waals surface area contributed by atoms with Crippen LogP contribution in [-0.2, 0) is 14.3 Å². The summed E-state index contributed by atoms with van der Waals surface area (Å²) < 4.78 is 4.74. The van der Waals surface area contributed by atoms with Crippen LogP contribution in [0.25, 0.3) is 0 Å². The summed E-state index contributed by atoms with van der Waals surface area (Å²) in [6, 6.07) is -0.171. The highest BCUT2D eigenvalue weighted by atomic mass is 16.5. The Hall–Kier alpha value is -1.79. The van der Waals surface area contributed by atoms with E-state index in [-0.39, 0.29) is 44.0 Å². The van der Waals surface area contributed by atoms with Crippen molar-refractivity contribution in [3.8, 4) is 0 Å².